The first-order valence-electron chi connectivity index (χ1n) is 6.83. The van der Waals surface area contributed by atoms with Crippen LogP contribution >= 0.6 is 0 Å². The minimum Gasteiger partial charge on any atom is -0.481 e. The van der Waals surface area contributed by atoms with Crippen molar-refractivity contribution < 1.29 is 14.7 Å². The highest BCUT2D eigenvalue weighted by Crippen LogP contribution is 2.16. The highest BCUT2D eigenvalue weighted by atomic mass is 16.4. The van der Waals surface area contributed by atoms with Gasteiger partial charge in [-0.3, -0.25) is 4.79 Å². The molecular formula is C13H24N2O3. The van der Waals surface area contributed by atoms with Crippen molar-refractivity contribution in [3.05, 3.63) is 0 Å². The zero-order valence-electron chi connectivity index (χ0n) is 11.3. The summed E-state index contributed by atoms with van der Waals surface area (Å²) in [7, 11) is 0. The summed E-state index contributed by atoms with van der Waals surface area (Å²) in [4.78, 5) is 24.7. The predicted molar refractivity (Wildman–Crippen MR) is 69.5 cm³/mol. The zero-order valence-corrected chi connectivity index (χ0v) is 11.3. The number of carboxylic acid groups (broad SMARTS) is 1. The van der Waals surface area contributed by atoms with Crippen LogP contribution in [0.2, 0.25) is 0 Å². The molecule has 2 N–H and O–H groups in total. The van der Waals surface area contributed by atoms with Crippen molar-refractivity contribution in [2.75, 3.05) is 6.54 Å². The maximum Gasteiger partial charge on any atom is 0.317 e. The second kappa shape index (κ2) is 7.24. The van der Waals surface area contributed by atoms with Gasteiger partial charge in [0.1, 0.15) is 0 Å². The molecule has 5 heteroatoms. The number of urea groups is 1. The van der Waals surface area contributed by atoms with Crippen LogP contribution in [-0.4, -0.2) is 40.6 Å². The summed E-state index contributed by atoms with van der Waals surface area (Å²) in [6.45, 7) is 4.72. The number of carbonyl (C=O) groups is 2. The molecule has 2 amide bonds. The molecule has 2 atom stereocenters. The van der Waals surface area contributed by atoms with Gasteiger partial charge in [-0.15, -0.1) is 0 Å². The Morgan fingerprint density at radius 3 is 2.72 bits per heavy atom. The van der Waals surface area contributed by atoms with Crippen molar-refractivity contribution in [2.24, 2.45) is 0 Å². The van der Waals surface area contributed by atoms with Gasteiger partial charge in [-0.25, -0.2) is 4.79 Å². The number of nitrogens with one attached hydrogen (secondary N) is 1. The Bertz CT molecular complexity index is 294. The van der Waals surface area contributed by atoms with E-state index in [0.29, 0.717) is 6.42 Å². The van der Waals surface area contributed by atoms with E-state index in [4.69, 9.17) is 5.11 Å². The van der Waals surface area contributed by atoms with Gasteiger partial charge in [0.25, 0.3) is 0 Å². The molecule has 1 aliphatic heterocycles. The van der Waals surface area contributed by atoms with Gasteiger partial charge in [-0.05, 0) is 26.2 Å². The van der Waals surface area contributed by atoms with Gasteiger partial charge >= 0.3 is 12.0 Å². The highest BCUT2D eigenvalue weighted by molar-refractivity contribution is 5.76. The molecule has 18 heavy (non-hydrogen) atoms. The molecule has 0 saturated carbocycles. The van der Waals surface area contributed by atoms with Crippen LogP contribution in [0.25, 0.3) is 0 Å². The standard InChI is InChI=1S/C13H24N2O3/c1-3-11(9-12(16)17)14-13(18)15-8-6-4-5-7-10(15)2/h10-11H,3-9H2,1-2H3,(H,14,18)(H,16,17). The lowest BCUT2D eigenvalue weighted by Crippen LogP contribution is -2.48. The summed E-state index contributed by atoms with van der Waals surface area (Å²) in [5, 5.41) is 11.6. The SMILES string of the molecule is CCC(CC(=O)O)NC(=O)N1CCCCCC1C. The molecule has 0 radical (unpaired) electrons. The minimum absolute atomic E-state index is 0.00946. The zero-order chi connectivity index (χ0) is 13.5. The van der Waals surface area contributed by atoms with Gasteiger partial charge in [-0.2, -0.15) is 0 Å². The van der Waals surface area contributed by atoms with Crippen molar-refractivity contribution in [2.45, 2.75) is 64.5 Å². The van der Waals surface area contributed by atoms with Crippen molar-refractivity contribution in [3.8, 4) is 0 Å². The van der Waals surface area contributed by atoms with E-state index < -0.39 is 5.97 Å². The largest absolute Gasteiger partial charge is 0.481 e. The molecule has 0 aromatic heterocycles. The molecule has 1 fully saturated rings. The average molecular weight is 256 g/mol. The van der Waals surface area contributed by atoms with Gasteiger partial charge in [0.15, 0.2) is 0 Å². The first kappa shape index (κ1) is 14.8. The van der Waals surface area contributed by atoms with E-state index in [0.717, 1.165) is 25.8 Å². The molecule has 0 spiro atoms. The summed E-state index contributed by atoms with van der Waals surface area (Å²) in [5.74, 6) is -0.869. The molecule has 1 rings (SSSR count). The Balaban J connectivity index is 2.53. The van der Waals surface area contributed by atoms with E-state index in [1.54, 1.807) is 0 Å². The number of amides is 2. The van der Waals surface area contributed by atoms with Crippen LogP contribution in [0.1, 0.15) is 52.4 Å². The van der Waals surface area contributed by atoms with Crippen LogP contribution in [0.4, 0.5) is 4.79 Å². The maximum atomic E-state index is 12.1. The molecule has 5 nitrogen and oxygen atoms in total. The quantitative estimate of drug-likeness (QED) is 0.810. The molecule has 0 bridgehead atoms. The fourth-order valence-corrected chi connectivity index (χ4v) is 2.34. The number of rotatable bonds is 4. The molecule has 1 aliphatic rings. The van der Waals surface area contributed by atoms with E-state index in [1.807, 2.05) is 11.8 Å². The summed E-state index contributed by atoms with van der Waals surface area (Å²) in [6.07, 6.45) is 5.03. The number of carbonyl (C=O) groups excluding carboxylic acids is 1. The Labute approximate surface area is 109 Å². The number of nitrogens with zero attached hydrogens (tertiary/aromatic N) is 1. The molecular weight excluding hydrogens is 232 g/mol. The van der Waals surface area contributed by atoms with Crippen LogP contribution in [0, 0.1) is 0 Å². The van der Waals surface area contributed by atoms with Crippen molar-refractivity contribution in [3.63, 3.8) is 0 Å². The second-order valence-corrected chi connectivity index (χ2v) is 5.04. The summed E-state index contributed by atoms with van der Waals surface area (Å²) in [6, 6.07) is -0.141. The maximum absolute atomic E-state index is 12.1. The molecule has 1 heterocycles. The lowest BCUT2D eigenvalue weighted by Gasteiger charge is -2.29. The van der Waals surface area contributed by atoms with Crippen molar-refractivity contribution >= 4 is 12.0 Å². The van der Waals surface area contributed by atoms with Gasteiger partial charge in [0.05, 0.1) is 6.42 Å². The van der Waals surface area contributed by atoms with Gasteiger partial charge in [-0.1, -0.05) is 19.8 Å². The van der Waals surface area contributed by atoms with Crippen LogP contribution in [0.15, 0.2) is 0 Å². The van der Waals surface area contributed by atoms with E-state index in [9.17, 15) is 9.59 Å². The number of hydrogen-bond donors (Lipinski definition) is 2. The number of aliphatic carboxylic acids is 1. The normalized spacial score (nSPS) is 22.1. The number of hydrogen-bond acceptors (Lipinski definition) is 2. The first-order valence-corrected chi connectivity index (χ1v) is 6.83. The van der Waals surface area contributed by atoms with Crippen LogP contribution in [0.5, 0.6) is 0 Å². The molecule has 0 aromatic carbocycles. The number of carboxylic acids is 1. The Hall–Kier alpha value is -1.26. The molecule has 2 unspecified atom stereocenters. The fraction of sp³-hybridized carbons (Fsp3) is 0.846. The Morgan fingerprint density at radius 2 is 2.11 bits per heavy atom. The van der Waals surface area contributed by atoms with Crippen molar-refractivity contribution in [1.82, 2.24) is 10.2 Å². The lowest BCUT2D eigenvalue weighted by atomic mass is 10.1. The highest BCUT2D eigenvalue weighted by Gasteiger charge is 2.24. The summed E-state index contributed by atoms with van der Waals surface area (Å²) >= 11 is 0. The van der Waals surface area contributed by atoms with Crippen LogP contribution in [-0.2, 0) is 4.79 Å². The Morgan fingerprint density at radius 1 is 1.39 bits per heavy atom. The van der Waals surface area contributed by atoms with Gasteiger partial charge < -0.3 is 15.3 Å². The summed E-state index contributed by atoms with van der Waals surface area (Å²) < 4.78 is 0. The van der Waals surface area contributed by atoms with Crippen LogP contribution < -0.4 is 5.32 Å². The monoisotopic (exact) mass is 256 g/mol. The predicted octanol–water partition coefficient (Wildman–Crippen LogP) is 2.21. The molecule has 1 saturated heterocycles. The van der Waals surface area contributed by atoms with E-state index >= 15 is 0 Å². The van der Waals surface area contributed by atoms with Crippen molar-refractivity contribution in [1.29, 1.82) is 0 Å². The van der Waals surface area contributed by atoms with E-state index in [-0.39, 0.29) is 24.5 Å². The topological polar surface area (TPSA) is 69.6 Å². The summed E-state index contributed by atoms with van der Waals surface area (Å²) in [5.41, 5.74) is 0. The fourth-order valence-electron chi connectivity index (χ4n) is 2.34. The van der Waals surface area contributed by atoms with Crippen LogP contribution in [0.3, 0.4) is 0 Å². The first-order chi connectivity index (χ1) is 8.54. The smallest absolute Gasteiger partial charge is 0.317 e. The minimum atomic E-state index is -0.869. The van der Waals surface area contributed by atoms with Gasteiger partial charge in [0, 0.05) is 18.6 Å². The van der Waals surface area contributed by atoms with E-state index in [2.05, 4.69) is 12.2 Å². The van der Waals surface area contributed by atoms with Gasteiger partial charge in [0.2, 0.25) is 0 Å². The average Bonchev–Trinajstić information content (AvgIpc) is 2.52. The Kier molecular flexibility index (Phi) is 5.95. The third-order valence-electron chi connectivity index (χ3n) is 3.56. The molecule has 0 aliphatic carbocycles. The number of likely N-dealkylation sites (tertiary alicyclic amines) is 1. The third kappa shape index (κ3) is 4.55. The molecule has 104 valence electrons. The lowest BCUT2D eigenvalue weighted by molar-refractivity contribution is -0.137. The second-order valence-electron chi connectivity index (χ2n) is 5.04. The molecule has 0 aromatic rings. The van der Waals surface area contributed by atoms with E-state index in [1.165, 1.54) is 6.42 Å². The third-order valence-corrected chi connectivity index (χ3v) is 3.56.